The van der Waals surface area contributed by atoms with Gasteiger partial charge in [0.05, 0.1) is 28.9 Å². The van der Waals surface area contributed by atoms with Gasteiger partial charge in [0.25, 0.3) is 0 Å². The van der Waals surface area contributed by atoms with Crippen LogP contribution in [0.25, 0.3) is 0 Å². The molecule has 0 amide bonds. The molecule has 4 rings (SSSR count). The molecule has 11 nitrogen and oxygen atoms in total. The van der Waals surface area contributed by atoms with Crippen molar-refractivity contribution in [3.8, 4) is 23.3 Å². The van der Waals surface area contributed by atoms with E-state index in [2.05, 4.69) is 5.10 Å². The smallest absolute Gasteiger partial charge is 0.352 e. The molecule has 0 saturated heterocycles. The van der Waals surface area contributed by atoms with Gasteiger partial charge in [-0.15, -0.1) is 0 Å². The van der Waals surface area contributed by atoms with E-state index >= 15 is 0 Å². The van der Waals surface area contributed by atoms with E-state index in [0.29, 0.717) is 23.1 Å². The number of nitriles is 1. The van der Waals surface area contributed by atoms with Crippen molar-refractivity contribution in [1.82, 2.24) is 0 Å². The maximum atomic E-state index is 13.8. The van der Waals surface area contributed by atoms with Gasteiger partial charge >= 0.3 is 17.9 Å². The number of hydrogen-bond donors (Lipinski definition) is 2. The first-order valence-corrected chi connectivity index (χ1v) is 14.6. The molecule has 46 heavy (non-hydrogen) atoms. The molecule has 2 atom stereocenters. The Labute approximate surface area is 274 Å². The lowest BCUT2D eigenvalue weighted by Crippen LogP contribution is -2.47. The van der Waals surface area contributed by atoms with Crippen LogP contribution in [-0.2, 0) is 19.1 Å². The minimum atomic E-state index is -1.51. The van der Waals surface area contributed by atoms with Gasteiger partial charge in [-0.2, -0.15) is 10.4 Å². The highest BCUT2D eigenvalue weighted by Crippen LogP contribution is 2.38. The van der Waals surface area contributed by atoms with Crippen LogP contribution in [0, 0.1) is 17.1 Å². The fourth-order valence-electron chi connectivity index (χ4n) is 3.98. The van der Waals surface area contributed by atoms with Crippen LogP contribution in [0.1, 0.15) is 45.6 Å². The summed E-state index contributed by atoms with van der Waals surface area (Å²) in [6.07, 6.45) is 0.811. The molecule has 1 aliphatic rings. The zero-order valence-electron chi connectivity index (χ0n) is 25.0. The molecule has 242 valence electrons. The second-order valence-electron chi connectivity index (χ2n) is 10.1. The highest BCUT2D eigenvalue weighted by atomic mass is 35.5. The third-order valence-electron chi connectivity index (χ3n) is 6.54. The first kappa shape index (κ1) is 35.6. The first-order chi connectivity index (χ1) is 21.8. The maximum Gasteiger partial charge on any atom is 0.352 e. The fraction of sp³-hybridized carbons (Fsp3) is 0.281. The number of anilines is 1. The van der Waals surface area contributed by atoms with Crippen molar-refractivity contribution in [1.29, 1.82) is 5.26 Å². The molecular weight excluding hydrogens is 644 g/mol. The van der Waals surface area contributed by atoms with Crippen molar-refractivity contribution in [3.63, 3.8) is 0 Å². The van der Waals surface area contributed by atoms with Crippen molar-refractivity contribution in [3.05, 3.63) is 82.1 Å². The molecule has 0 aromatic heterocycles. The lowest BCUT2D eigenvalue weighted by molar-refractivity contribution is -0.151. The van der Waals surface area contributed by atoms with Crippen molar-refractivity contribution in [2.24, 2.45) is 5.10 Å². The second kappa shape index (κ2) is 15.9. The van der Waals surface area contributed by atoms with E-state index in [9.17, 15) is 23.9 Å². The monoisotopic (exact) mass is 673 g/mol. The quantitative estimate of drug-likeness (QED) is 0.159. The molecule has 1 heterocycles. The Kier molecular flexibility index (Phi) is 12.3. The molecule has 0 aliphatic carbocycles. The van der Waals surface area contributed by atoms with Gasteiger partial charge in [-0.05, 0) is 80.9 Å². The van der Waals surface area contributed by atoms with E-state index < -0.39 is 35.4 Å². The van der Waals surface area contributed by atoms with Gasteiger partial charge in [0.15, 0.2) is 23.2 Å². The van der Waals surface area contributed by atoms with Crippen molar-refractivity contribution < 1.29 is 43.2 Å². The number of carbonyl (C=O) groups excluding carboxylic acids is 1. The Hall–Kier alpha value is -4.86. The van der Waals surface area contributed by atoms with Gasteiger partial charge < -0.3 is 24.4 Å². The molecule has 1 unspecified atom stereocenters. The van der Waals surface area contributed by atoms with Crippen molar-refractivity contribution in [2.75, 3.05) is 11.6 Å². The molecular formula is C32H30Cl2FN3O8. The van der Waals surface area contributed by atoms with E-state index in [1.807, 2.05) is 13.0 Å². The predicted molar refractivity (Wildman–Crippen MR) is 168 cm³/mol. The van der Waals surface area contributed by atoms with Gasteiger partial charge in [-0.3, -0.25) is 0 Å². The van der Waals surface area contributed by atoms with Gasteiger partial charge in [0, 0.05) is 11.4 Å². The Bertz CT molecular complexity index is 1660. The zero-order chi connectivity index (χ0) is 34.0. The maximum absolute atomic E-state index is 13.8. The average Bonchev–Trinajstić information content (AvgIpc) is 3.38. The van der Waals surface area contributed by atoms with Crippen molar-refractivity contribution in [2.45, 2.75) is 51.7 Å². The summed E-state index contributed by atoms with van der Waals surface area (Å²) in [7, 11) is 0. The number of unbranched alkanes of at least 4 members (excludes halogenated alkanes) is 1. The summed E-state index contributed by atoms with van der Waals surface area (Å²) in [6, 6.07) is 16.7. The molecule has 3 aromatic carbocycles. The lowest BCUT2D eigenvalue weighted by atomic mass is 9.95. The molecule has 14 heteroatoms. The predicted octanol–water partition coefficient (Wildman–Crippen LogP) is 7.09. The molecule has 3 aromatic rings. The SMILES string of the molecule is CC1(C(=O)O)CC(C(=O)O)=NN1c1ccc(Cl)cc1Cl.CCCCOC(=O)[C@@H](C)Oc1ccc(Oc2ccc(C#N)cc2F)cc1. The normalized spacial score (nSPS) is 15.8. The van der Waals surface area contributed by atoms with E-state index in [4.69, 9.17) is 47.8 Å². The number of halogens is 3. The summed E-state index contributed by atoms with van der Waals surface area (Å²) < 4.78 is 29.9. The summed E-state index contributed by atoms with van der Waals surface area (Å²) in [5.41, 5.74) is -1.23. The Morgan fingerprint density at radius 3 is 2.33 bits per heavy atom. The Morgan fingerprint density at radius 2 is 1.76 bits per heavy atom. The number of carbonyl (C=O) groups is 3. The Balaban J connectivity index is 0.000000259. The van der Waals surface area contributed by atoms with Crippen LogP contribution in [0.4, 0.5) is 10.1 Å². The minimum Gasteiger partial charge on any atom is -0.479 e. The molecule has 0 spiro atoms. The van der Waals surface area contributed by atoms with E-state index in [1.165, 1.54) is 37.3 Å². The van der Waals surface area contributed by atoms with Gasteiger partial charge in [-0.25, -0.2) is 23.8 Å². The summed E-state index contributed by atoms with van der Waals surface area (Å²) >= 11 is 11.8. The first-order valence-electron chi connectivity index (χ1n) is 13.9. The number of hydrogen-bond acceptors (Lipinski definition) is 9. The highest BCUT2D eigenvalue weighted by Gasteiger charge is 2.48. The second-order valence-corrected chi connectivity index (χ2v) is 11.0. The number of carboxylic acid groups (broad SMARTS) is 2. The van der Waals surface area contributed by atoms with E-state index in [1.54, 1.807) is 31.2 Å². The van der Waals surface area contributed by atoms with Crippen LogP contribution < -0.4 is 14.5 Å². The topological polar surface area (TPSA) is 159 Å². The number of ether oxygens (including phenoxy) is 3. The molecule has 0 saturated carbocycles. The van der Waals surface area contributed by atoms with E-state index in [0.717, 1.165) is 23.9 Å². The molecule has 2 N–H and O–H groups in total. The van der Waals surface area contributed by atoms with Gasteiger partial charge in [0.1, 0.15) is 17.2 Å². The molecule has 1 aliphatic heterocycles. The number of esters is 1. The largest absolute Gasteiger partial charge is 0.479 e. The van der Waals surface area contributed by atoms with Crippen LogP contribution in [-0.4, -0.2) is 52.1 Å². The van der Waals surface area contributed by atoms with Crippen LogP contribution in [0.15, 0.2) is 65.8 Å². The highest BCUT2D eigenvalue weighted by molar-refractivity contribution is 6.38. The summed E-state index contributed by atoms with van der Waals surface area (Å²) in [5, 5.41) is 32.7. The number of benzene rings is 3. The standard InChI is InChI=1S/C20H20FNO4.C12H10Cl2N2O4/c1-3-4-11-24-20(23)14(2)25-16-6-8-17(9-7-16)26-19-10-5-15(13-22)12-18(19)21;1-12(11(19)20)5-8(10(17)18)15-16(12)9-3-2-6(13)4-7(9)14/h5-10,12,14H,3-4,11H2,1-2H3;2-4H,5H2,1H3,(H,17,18)(H,19,20)/t14-;/m1./s1. The number of carboxylic acids is 2. The third-order valence-corrected chi connectivity index (χ3v) is 7.08. The lowest BCUT2D eigenvalue weighted by Gasteiger charge is -2.30. The van der Waals surface area contributed by atoms with Crippen molar-refractivity contribution >= 4 is 52.5 Å². The average molecular weight is 675 g/mol. The number of hydrazone groups is 1. The Morgan fingerprint density at radius 1 is 1.09 bits per heavy atom. The van der Waals surface area contributed by atoms with Gasteiger partial charge in [-0.1, -0.05) is 36.5 Å². The summed E-state index contributed by atoms with van der Waals surface area (Å²) in [6.45, 7) is 5.40. The molecule has 0 fully saturated rings. The number of rotatable bonds is 11. The minimum absolute atomic E-state index is 0.0190. The van der Waals surface area contributed by atoms with Gasteiger partial charge in [0.2, 0.25) is 0 Å². The third kappa shape index (κ3) is 9.09. The van der Waals surface area contributed by atoms with Crippen LogP contribution in [0.2, 0.25) is 10.0 Å². The summed E-state index contributed by atoms with van der Waals surface area (Å²) in [5.74, 6) is -2.60. The number of nitrogens with zero attached hydrogens (tertiary/aromatic N) is 3. The van der Waals surface area contributed by atoms with E-state index in [-0.39, 0.29) is 34.2 Å². The van der Waals surface area contributed by atoms with Crippen LogP contribution in [0.5, 0.6) is 17.2 Å². The molecule has 0 radical (unpaired) electrons. The summed E-state index contributed by atoms with van der Waals surface area (Å²) in [4.78, 5) is 34.3. The number of aliphatic carboxylic acids is 2. The van der Waals surface area contributed by atoms with Crippen LogP contribution in [0.3, 0.4) is 0 Å². The zero-order valence-corrected chi connectivity index (χ0v) is 26.5. The fourth-order valence-corrected chi connectivity index (χ4v) is 4.47. The molecule has 0 bridgehead atoms. The van der Waals surface area contributed by atoms with Crippen LogP contribution >= 0.6 is 23.2 Å².